The minimum atomic E-state index is 0.625. The highest BCUT2D eigenvalue weighted by Gasteiger charge is 2.13. The second-order valence-corrected chi connectivity index (χ2v) is 6.35. The molecule has 0 fully saturated rings. The standard InChI is InChI=1S/C17H17BrClN3O/c1-3-16-20-14-7-8-15(18)21-17(14)22(16)10-11-5-6-12(23-4-2)9-13(11)19/h5-9H,3-4,10H2,1-2H3. The van der Waals surface area contributed by atoms with Gasteiger partial charge in [-0.2, -0.15) is 0 Å². The molecule has 6 heteroatoms. The van der Waals surface area contributed by atoms with E-state index in [4.69, 9.17) is 16.3 Å². The summed E-state index contributed by atoms with van der Waals surface area (Å²) in [6.07, 6.45) is 0.836. The summed E-state index contributed by atoms with van der Waals surface area (Å²) < 4.78 is 8.40. The molecule has 0 amide bonds. The predicted molar refractivity (Wildman–Crippen MR) is 96.3 cm³/mol. The third-order valence-electron chi connectivity index (χ3n) is 3.62. The van der Waals surface area contributed by atoms with Crippen LogP contribution in [-0.2, 0) is 13.0 Å². The van der Waals surface area contributed by atoms with Gasteiger partial charge in [0.05, 0.1) is 13.2 Å². The number of fused-ring (bicyclic) bond motifs is 1. The molecule has 3 rings (SSSR count). The fourth-order valence-corrected chi connectivity index (χ4v) is 3.08. The van der Waals surface area contributed by atoms with Crippen LogP contribution in [0.5, 0.6) is 5.75 Å². The number of ether oxygens (including phenoxy) is 1. The topological polar surface area (TPSA) is 39.9 Å². The highest BCUT2D eigenvalue weighted by molar-refractivity contribution is 9.10. The molecule has 0 aliphatic carbocycles. The van der Waals surface area contributed by atoms with Crippen LogP contribution in [0.1, 0.15) is 25.2 Å². The van der Waals surface area contributed by atoms with E-state index in [1.165, 1.54) is 0 Å². The molecule has 4 nitrogen and oxygen atoms in total. The van der Waals surface area contributed by atoms with E-state index in [2.05, 4.69) is 37.4 Å². The molecule has 23 heavy (non-hydrogen) atoms. The Morgan fingerprint density at radius 3 is 2.70 bits per heavy atom. The molecular formula is C17H17BrClN3O. The zero-order valence-corrected chi connectivity index (χ0v) is 15.4. The Kier molecular flexibility index (Phi) is 4.87. The first-order valence-corrected chi connectivity index (χ1v) is 8.72. The summed E-state index contributed by atoms with van der Waals surface area (Å²) in [7, 11) is 0. The number of rotatable bonds is 5. The normalized spacial score (nSPS) is 11.1. The van der Waals surface area contributed by atoms with Gasteiger partial charge in [-0.3, -0.25) is 0 Å². The zero-order valence-electron chi connectivity index (χ0n) is 13.0. The third-order valence-corrected chi connectivity index (χ3v) is 4.41. The van der Waals surface area contributed by atoms with E-state index in [1.807, 2.05) is 37.3 Å². The van der Waals surface area contributed by atoms with Crippen molar-refractivity contribution in [2.24, 2.45) is 0 Å². The van der Waals surface area contributed by atoms with Gasteiger partial charge in [0, 0.05) is 11.4 Å². The van der Waals surface area contributed by atoms with E-state index in [9.17, 15) is 0 Å². The number of halogens is 2. The van der Waals surface area contributed by atoms with Gasteiger partial charge in [0.1, 0.15) is 21.7 Å². The first-order chi connectivity index (χ1) is 11.1. The molecule has 3 aromatic rings. The summed E-state index contributed by atoms with van der Waals surface area (Å²) >= 11 is 9.85. The number of pyridine rings is 1. The van der Waals surface area contributed by atoms with Crippen molar-refractivity contribution in [3.05, 3.63) is 51.3 Å². The Morgan fingerprint density at radius 2 is 2.00 bits per heavy atom. The lowest BCUT2D eigenvalue weighted by atomic mass is 10.2. The minimum absolute atomic E-state index is 0.625. The summed E-state index contributed by atoms with van der Waals surface area (Å²) in [4.78, 5) is 9.22. The Hall–Kier alpha value is -1.59. The van der Waals surface area contributed by atoms with Gasteiger partial charge in [0.25, 0.3) is 0 Å². The van der Waals surface area contributed by atoms with Crippen LogP contribution >= 0.6 is 27.5 Å². The fourth-order valence-electron chi connectivity index (χ4n) is 2.54. The Labute approximate surface area is 148 Å². The van der Waals surface area contributed by atoms with Crippen LogP contribution in [0.25, 0.3) is 11.2 Å². The first-order valence-electron chi connectivity index (χ1n) is 7.55. The van der Waals surface area contributed by atoms with Crippen LogP contribution in [0.2, 0.25) is 5.02 Å². The van der Waals surface area contributed by atoms with Gasteiger partial charge in [0.15, 0.2) is 5.65 Å². The van der Waals surface area contributed by atoms with Crippen molar-refractivity contribution in [3.63, 3.8) is 0 Å². The molecule has 0 radical (unpaired) electrons. The molecule has 0 unspecified atom stereocenters. The first kappa shape index (κ1) is 16.3. The summed E-state index contributed by atoms with van der Waals surface area (Å²) in [5.74, 6) is 1.78. The van der Waals surface area contributed by atoms with Crippen molar-refractivity contribution in [2.45, 2.75) is 26.8 Å². The number of aromatic nitrogens is 3. The number of hydrogen-bond donors (Lipinski definition) is 0. The van der Waals surface area contributed by atoms with E-state index >= 15 is 0 Å². The van der Waals surface area contributed by atoms with E-state index < -0.39 is 0 Å². The smallest absolute Gasteiger partial charge is 0.161 e. The van der Waals surface area contributed by atoms with Gasteiger partial charge in [-0.15, -0.1) is 0 Å². The Bertz CT molecular complexity index is 847. The zero-order chi connectivity index (χ0) is 16.4. The van der Waals surface area contributed by atoms with Crippen molar-refractivity contribution in [1.29, 1.82) is 0 Å². The van der Waals surface area contributed by atoms with Crippen molar-refractivity contribution in [3.8, 4) is 5.75 Å². The summed E-state index contributed by atoms with van der Waals surface area (Å²) in [6.45, 7) is 5.30. The molecule has 0 saturated carbocycles. The van der Waals surface area contributed by atoms with Gasteiger partial charge in [-0.25, -0.2) is 9.97 Å². The molecule has 0 spiro atoms. The average molecular weight is 395 g/mol. The van der Waals surface area contributed by atoms with E-state index in [0.717, 1.165) is 39.3 Å². The van der Waals surface area contributed by atoms with Crippen LogP contribution < -0.4 is 4.74 Å². The Balaban J connectivity index is 2.02. The van der Waals surface area contributed by atoms with Crippen LogP contribution in [0.4, 0.5) is 0 Å². The lowest BCUT2D eigenvalue weighted by Crippen LogP contribution is -2.06. The number of benzene rings is 1. The molecule has 0 bridgehead atoms. The number of aryl methyl sites for hydroxylation is 1. The van der Waals surface area contributed by atoms with Crippen LogP contribution in [-0.4, -0.2) is 21.1 Å². The van der Waals surface area contributed by atoms with Gasteiger partial charge in [-0.1, -0.05) is 24.6 Å². The maximum absolute atomic E-state index is 6.42. The minimum Gasteiger partial charge on any atom is -0.494 e. The number of imidazole rings is 1. The average Bonchev–Trinajstić information content (AvgIpc) is 2.87. The highest BCUT2D eigenvalue weighted by atomic mass is 79.9. The van der Waals surface area contributed by atoms with Crippen LogP contribution in [0, 0.1) is 0 Å². The lowest BCUT2D eigenvalue weighted by molar-refractivity contribution is 0.340. The molecule has 0 aliphatic heterocycles. The van der Waals surface area contributed by atoms with Gasteiger partial charge >= 0.3 is 0 Å². The van der Waals surface area contributed by atoms with E-state index in [0.29, 0.717) is 18.2 Å². The molecular weight excluding hydrogens is 378 g/mol. The van der Waals surface area contributed by atoms with Gasteiger partial charge in [0.2, 0.25) is 0 Å². The Morgan fingerprint density at radius 1 is 1.17 bits per heavy atom. The van der Waals surface area contributed by atoms with Crippen molar-refractivity contribution < 1.29 is 4.74 Å². The van der Waals surface area contributed by atoms with E-state index in [1.54, 1.807) is 0 Å². The second kappa shape index (κ2) is 6.89. The molecule has 0 saturated heterocycles. The molecule has 2 aromatic heterocycles. The van der Waals surface area contributed by atoms with Crippen molar-refractivity contribution in [1.82, 2.24) is 14.5 Å². The summed E-state index contributed by atoms with van der Waals surface area (Å²) in [5.41, 5.74) is 2.78. The SMILES string of the molecule is CCOc1ccc(Cn2c(CC)nc3ccc(Br)nc32)c(Cl)c1. The van der Waals surface area contributed by atoms with Gasteiger partial charge in [-0.05, 0) is 52.7 Å². The fraction of sp³-hybridized carbons (Fsp3) is 0.294. The molecule has 1 aromatic carbocycles. The molecule has 120 valence electrons. The number of nitrogens with zero attached hydrogens (tertiary/aromatic N) is 3. The molecule has 2 heterocycles. The highest BCUT2D eigenvalue weighted by Crippen LogP contribution is 2.26. The van der Waals surface area contributed by atoms with Gasteiger partial charge < -0.3 is 9.30 Å². The maximum atomic E-state index is 6.42. The molecule has 0 N–H and O–H groups in total. The van der Waals surface area contributed by atoms with Crippen LogP contribution in [0.3, 0.4) is 0 Å². The third kappa shape index (κ3) is 3.35. The maximum Gasteiger partial charge on any atom is 0.161 e. The number of hydrogen-bond acceptors (Lipinski definition) is 3. The second-order valence-electron chi connectivity index (χ2n) is 5.13. The summed E-state index contributed by atoms with van der Waals surface area (Å²) in [5, 5.41) is 0.690. The molecule has 0 aliphatic rings. The van der Waals surface area contributed by atoms with Crippen LogP contribution in [0.15, 0.2) is 34.9 Å². The van der Waals surface area contributed by atoms with Crippen molar-refractivity contribution in [2.75, 3.05) is 6.61 Å². The summed E-state index contributed by atoms with van der Waals surface area (Å²) in [6, 6.07) is 9.68. The monoisotopic (exact) mass is 393 g/mol. The quantitative estimate of drug-likeness (QED) is 0.580. The lowest BCUT2D eigenvalue weighted by Gasteiger charge is -2.11. The largest absolute Gasteiger partial charge is 0.494 e. The molecule has 0 atom stereocenters. The predicted octanol–water partition coefficient (Wildman–Crippen LogP) is 4.86. The van der Waals surface area contributed by atoms with E-state index in [-0.39, 0.29) is 0 Å². The van der Waals surface area contributed by atoms with Crippen molar-refractivity contribution >= 4 is 38.7 Å².